The van der Waals surface area contributed by atoms with Gasteiger partial charge in [-0.15, -0.1) is 5.10 Å². The second-order valence-electron chi connectivity index (χ2n) is 4.51. The molecule has 0 unspecified atom stereocenters. The van der Waals surface area contributed by atoms with Crippen molar-refractivity contribution >= 4 is 17.6 Å². The number of benzene rings is 2. The normalized spacial score (nSPS) is 10.3. The number of aromatic nitrogens is 2. The van der Waals surface area contributed by atoms with Crippen LogP contribution >= 0.6 is 0 Å². The number of hydrogen-bond donors (Lipinski definition) is 1. The summed E-state index contributed by atoms with van der Waals surface area (Å²) in [5.41, 5.74) is 0.316. The summed E-state index contributed by atoms with van der Waals surface area (Å²) in [6, 6.07) is 14.5. The highest BCUT2D eigenvalue weighted by Crippen LogP contribution is 2.21. The Balaban J connectivity index is 1.82. The summed E-state index contributed by atoms with van der Waals surface area (Å²) in [5.74, 6) is -0.455. The molecule has 0 aliphatic rings. The largest absolute Gasteiger partial charge is 0.403 e. The quantitative estimate of drug-likeness (QED) is 0.586. The van der Waals surface area contributed by atoms with Crippen LogP contribution in [0.1, 0.15) is 10.4 Å². The van der Waals surface area contributed by atoms with Crippen LogP contribution in [0.5, 0.6) is 0 Å². The Morgan fingerprint density at radius 1 is 1.04 bits per heavy atom. The molecule has 8 heteroatoms. The van der Waals surface area contributed by atoms with Crippen LogP contribution in [0.3, 0.4) is 0 Å². The van der Waals surface area contributed by atoms with Gasteiger partial charge in [-0.05, 0) is 18.2 Å². The minimum Gasteiger partial charge on any atom is -0.403 e. The lowest BCUT2D eigenvalue weighted by atomic mass is 10.1. The monoisotopic (exact) mass is 310 g/mol. The van der Waals surface area contributed by atoms with E-state index in [1.807, 2.05) is 18.2 Å². The molecule has 1 aromatic heterocycles. The second kappa shape index (κ2) is 6.06. The van der Waals surface area contributed by atoms with Gasteiger partial charge in [-0.1, -0.05) is 35.4 Å². The van der Waals surface area contributed by atoms with E-state index in [2.05, 4.69) is 15.5 Å². The fraction of sp³-hybridized carbons (Fsp3) is 0. The third kappa shape index (κ3) is 3.05. The van der Waals surface area contributed by atoms with Crippen LogP contribution in [0.2, 0.25) is 0 Å². The van der Waals surface area contributed by atoms with Gasteiger partial charge in [-0.2, -0.15) is 0 Å². The van der Waals surface area contributed by atoms with Crippen molar-refractivity contribution < 1.29 is 14.1 Å². The Hall–Kier alpha value is -3.55. The number of nitro groups is 1. The molecule has 3 rings (SSSR count). The van der Waals surface area contributed by atoms with Gasteiger partial charge in [0.05, 0.1) is 4.92 Å². The minimum atomic E-state index is -0.694. The molecule has 0 aliphatic heterocycles. The van der Waals surface area contributed by atoms with Gasteiger partial charge in [0.1, 0.15) is 5.56 Å². The van der Waals surface area contributed by atoms with Gasteiger partial charge in [0.2, 0.25) is 5.89 Å². The molecule has 23 heavy (non-hydrogen) atoms. The van der Waals surface area contributed by atoms with E-state index in [0.29, 0.717) is 5.56 Å². The van der Waals surface area contributed by atoms with Crippen LogP contribution in [0.4, 0.5) is 11.7 Å². The van der Waals surface area contributed by atoms with Gasteiger partial charge >= 0.3 is 6.01 Å². The van der Waals surface area contributed by atoms with Crippen molar-refractivity contribution in [1.29, 1.82) is 0 Å². The highest BCUT2D eigenvalue weighted by Gasteiger charge is 2.21. The van der Waals surface area contributed by atoms with Gasteiger partial charge in [0, 0.05) is 11.6 Å². The van der Waals surface area contributed by atoms with E-state index in [9.17, 15) is 14.9 Å². The fourth-order valence-electron chi connectivity index (χ4n) is 1.96. The maximum atomic E-state index is 12.1. The summed E-state index contributed by atoms with van der Waals surface area (Å²) < 4.78 is 5.34. The van der Waals surface area contributed by atoms with Crippen molar-refractivity contribution in [2.75, 3.05) is 5.32 Å². The zero-order valence-corrected chi connectivity index (χ0v) is 11.7. The number of anilines is 1. The van der Waals surface area contributed by atoms with Crippen molar-refractivity contribution in [2.45, 2.75) is 0 Å². The van der Waals surface area contributed by atoms with Gasteiger partial charge in [-0.25, -0.2) is 0 Å². The maximum absolute atomic E-state index is 12.1. The standard InChI is InChI=1S/C15H10N4O4/c20-13(11-8-4-5-9-12(11)19(21)22)16-15-18-17-14(23-15)10-6-2-1-3-7-10/h1-9H,(H,16,18,20). The number of carbonyl (C=O) groups excluding carboxylic acids is 1. The van der Waals surface area contributed by atoms with E-state index in [-0.39, 0.29) is 23.2 Å². The molecule has 0 saturated heterocycles. The van der Waals surface area contributed by atoms with Gasteiger partial charge in [-0.3, -0.25) is 20.2 Å². The SMILES string of the molecule is O=C(Nc1nnc(-c2ccccc2)o1)c1ccccc1[N+](=O)[O-]. The van der Waals surface area contributed by atoms with Gasteiger partial charge in [0.25, 0.3) is 11.6 Å². The van der Waals surface area contributed by atoms with E-state index in [1.165, 1.54) is 24.3 Å². The number of rotatable bonds is 4. The number of nitrogens with one attached hydrogen (secondary N) is 1. The summed E-state index contributed by atoms with van der Waals surface area (Å²) >= 11 is 0. The maximum Gasteiger partial charge on any atom is 0.322 e. The number of nitrogens with zero attached hydrogens (tertiary/aromatic N) is 3. The molecular weight excluding hydrogens is 300 g/mol. The van der Waals surface area contributed by atoms with Crippen LogP contribution in [0.15, 0.2) is 59.0 Å². The molecule has 1 amide bonds. The Bertz CT molecular complexity index is 861. The number of carbonyl (C=O) groups is 1. The summed E-state index contributed by atoms with van der Waals surface area (Å²) in [6.07, 6.45) is 0. The first-order chi connectivity index (χ1) is 11.1. The molecule has 0 saturated carbocycles. The smallest absolute Gasteiger partial charge is 0.322 e. The molecule has 8 nitrogen and oxygen atoms in total. The average Bonchev–Trinajstić information content (AvgIpc) is 3.04. The fourth-order valence-corrected chi connectivity index (χ4v) is 1.96. The van der Waals surface area contributed by atoms with Crippen LogP contribution in [0.25, 0.3) is 11.5 Å². The van der Waals surface area contributed by atoms with E-state index < -0.39 is 10.8 Å². The summed E-state index contributed by atoms with van der Waals surface area (Å²) in [7, 11) is 0. The van der Waals surface area contributed by atoms with Crippen LogP contribution in [-0.2, 0) is 0 Å². The van der Waals surface area contributed by atoms with Crippen molar-refractivity contribution in [2.24, 2.45) is 0 Å². The third-order valence-corrected chi connectivity index (χ3v) is 3.01. The third-order valence-electron chi connectivity index (χ3n) is 3.01. The summed E-state index contributed by atoms with van der Waals surface area (Å²) in [6.45, 7) is 0. The lowest BCUT2D eigenvalue weighted by Crippen LogP contribution is -2.14. The molecule has 1 heterocycles. The molecule has 0 atom stereocenters. The van der Waals surface area contributed by atoms with Crippen LogP contribution < -0.4 is 5.32 Å². The average molecular weight is 310 g/mol. The molecule has 0 bridgehead atoms. The summed E-state index contributed by atoms with van der Waals surface area (Å²) in [5, 5.41) is 20.8. The van der Waals surface area contributed by atoms with Crippen molar-refractivity contribution in [3.63, 3.8) is 0 Å². The minimum absolute atomic E-state index is 0.0861. The first kappa shape index (κ1) is 14.4. The van der Waals surface area contributed by atoms with Crippen molar-refractivity contribution in [1.82, 2.24) is 10.2 Å². The second-order valence-corrected chi connectivity index (χ2v) is 4.51. The van der Waals surface area contributed by atoms with E-state index in [4.69, 9.17) is 4.42 Å². The van der Waals surface area contributed by atoms with Crippen LogP contribution in [0, 0.1) is 10.1 Å². The van der Waals surface area contributed by atoms with Crippen molar-refractivity contribution in [3.05, 3.63) is 70.3 Å². The van der Waals surface area contributed by atoms with Crippen molar-refractivity contribution in [3.8, 4) is 11.5 Å². The topological polar surface area (TPSA) is 111 Å². The molecule has 1 N–H and O–H groups in total. The molecular formula is C15H10N4O4. The number of amides is 1. The predicted molar refractivity (Wildman–Crippen MR) is 80.8 cm³/mol. The Morgan fingerprint density at radius 3 is 2.48 bits per heavy atom. The Morgan fingerprint density at radius 2 is 1.74 bits per heavy atom. The first-order valence-corrected chi connectivity index (χ1v) is 6.59. The number of hydrogen-bond acceptors (Lipinski definition) is 6. The Labute approximate surface area is 129 Å². The molecule has 0 radical (unpaired) electrons. The van der Waals surface area contributed by atoms with Crippen LogP contribution in [-0.4, -0.2) is 21.0 Å². The van der Waals surface area contributed by atoms with Gasteiger partial charge < -0.3 is 4.42 Å². The zero-order valence-electron chi connectivity index (χ0n) is 11.7. The first-order valence-electron chi connectivity index (χ1n) is 6.59. The van der Waals surface area contributed by atoms with E-state index >= 15 is 0 Å². The zero-order chi connectivity index (χ0) is 16.2. The number of para-hydroxylation sites is 1. The highest BCUT2D eigenvalue weighted by molar-refractivity contribution is 6.06. The molecule has 3 aromatic rings. The lowest BCUT2D eigenvalue weighted by Gasteiger charge is -2.01. The highest BCUT2D eigenvalue weighted by atomic mass is 16.6. The summed E-state index contributed by atoms with van der Waals surface area (Å²) in [4.78, 5) is 22.5. The number of nitro benzene ring substituents is 1. The molecule has 0 spiro atoms. The Kier molecular flexibility index (Phi) is 3.79. The predicted octanol–water partition coefficient (Wildman–Crippen LogP) is 2.90. The molecule has 114 valence electrons. The van der Waals surface area contributed by atoms with E-state index in [0.717, 1.165) is 0 Å². The molecule has 0 fully saturated rings. The molecule has 2 aromatic carbocycles. The van der Waals surface area contributed by atoms with Gasteiger partial charge in [0.15, 0.2) is 0 Å². The molecule has 0 aliphatic carbocycles. The lowest BCUT2D eigenvalue weighted by molar-refractivity contribution is -0.385. The van der Waals surface area contributed by atoms with E-state index in [1.54, 1.807) is 12.1 Å².